The zero-order chi connectivity index (χ0) is 21.0. The van der Waals surface area contributed by atoms with Gasteiger partial charge in [0.25, 0.3) is 6.47 Å². The molecule has 3 rings (SSSR count). The van der Waals surface area contributed by atoms with Gasteiger partial charge in [-0.05, 0) is 26.6 Å². The van der Waals surface area contributed by atoms with Crippen LogP contribution in [0.4, 0.5) is 0 Å². The molecule has 7 nitrogen and oxygen atoms in total. The number of nitrogens with zero attached hydrogens (tertiary/aromatic N) is 2. The summed E-state index contributed by atoms with van der Waals surface area (Å²) in [4.78, 5) is 40.8. The minimum atomic E-state index is -0.519. The molecule has 1 saturated heterocycles. The normalized spacial score (nSPS) is 21.7. The fourth-order valence-electron chi connectivity index (χ4n) is 3.65. The van der Waals surface area contributed by atoms with Gasteiger partial charge < -0.3 is 19.3 Å². The van der Waals surface area contributed by atoms with Crippen LogP contribution in [-0.2, 0) is 30.5 Å². The van der Waals surface area contributed by atoms with Crippen molar-refractivity contribution in [2.75, 3.05) is 26.4 Å². The topological polar surface area (TPSA) is 76.2 Å². The number of fused-ring (bicyclic) bond motifs is 1. The molecule has 0 spiro atoms. The fraction of sp³-hybridized carbons (Fsp3) is 0.476. The molecule has 156 valence electrons. The molecule has 0 aromatic heterocycles. The summed E-state index contributed by atoms with van der Waals surface area (Å²) in [6, 6.07) is 9.27. The number of rotatable bonds is 10. The molecule has 0 unspecified atom stereocenters. The first-order valence-corrected chi connectivity index (χ1v) is 10.6. The highest BCUT2D eigenvalue weighted by Crippen LogP contribution is 2.47. The van der Waals surface area contributed by atoms with Crippen molar-refractivity contribution >= 4 is 30.1 Å². The molecule has 1 amide bonds. The van der Waals surface area contributed by atoms with Gasteiger partial charge in [-0.1, -0.05) is 30.3 Å². The Labute approximate surface area is 175 Å². The van der Waals surface area contributed by atoms with Crippen LogP contribution in [0.3, 0.4) is 0 Å². The number of ether oxygens (including phenoxy) is 2. The molecule has 1 aromatic rings. The average Bonchev–Trinajstić information content (AvgIpc) is 3.01. The van der Waals surface area contributed by atoms with Gasteiger partial charge in [-0.25, -0.2) is 4.79 Å². The molecule has 29 heavy (non-hydrogen) atoms. The average molecular weight is 419 g/mol. The van der Waals surface area contributed by atoms with E-state index >= 15 is 0 Å². The zero-order valence-corrected chi connectivity index (χ0v) is 17.7. The van der Waals surface area contributed by atoms with E-state index in [0.29, 0.717) is 18.6 Å². The van der Waals surface area contributed by atoms with E-state index in [-0.39, 0.29) is 18.6 Å². The van der Waals surface area contributed by atoms with Gasteiger partial charge in [0.15, 0.2) is 0 Å². The van der Waals surface area contributed by atoms with Crippen molar-refractivity contribution < 1.29 is 23.9 Å². The molecule has 8 heteroatoms. The highest BCUT2D eigenvalue weighted by molar-refractivity contribution is 8.03. The second-order valence-electron chi connectivity index (χ2n) is 7.43. The van der Waals surface area contributed by atoms with Crippen molar-refractivity contribution in [1.82, 2.24) is 9.80 Å². The Hall–Kier alpha value is -2.32. The van der Waals surface area contributed by atoms with Crippen LogP contribution >= 0.6 is 11.8 Å². The lowest BCUT2D eigenvalue weighted by Crippen LogP contribution is -2.62. The van der Waals surface area contributed by atoms with Crippen molar-refractivity contribution in [2.24, 2.45) is 5.92 Å². The van der Waals surface area contributed by atoms with E-state index in [1.165, 1.54) is 4.90 Å². The summed E-state index contributed by atoms with van der Waals surface area (Å²) in [5, 5.41) is 0. The standard InChI is InChI=1S/C21H26N2O5S/c1-14(28-13-24)18-16-11-17(29-10-9-22(2)3)19(23(16)20(18)25)21(26)27-12-15-7-5-4-6-8-15/h4-8,13-14,16,18H,9-12H2,1-3H3/t14-,16-,18-/m1/s1. The van der Waals surface area contributed by atoms with Crippen LogP contribution in [0.5, 0.6) is 0 Å². The Kier molecular flexibility index (Phi) is 6.97. The first-order chi connectivity index (χ1) is 13.9. The summed E-state index contributed by atoms with van der Waals surface area (Å²) >= 11 is 1.58. The number of carbonyl (C=O) groups excluding carboxylic acids is 3. The van der Waals surface area contributed by atoms with Crippen molar-refractivity contribution in [3.63, 3.8) is 0 Å². The molecule has 1 fully saturated rings. The number of carbonyl (C=O) groups is 3. The minimum Gasteiger partial charge on any atom is -0.464 e. The summed E-state index contributed by atoms with van der Waals surface area (Å²) in [6.07, 6.45) is 0.0607. The first kappa shape index (κ1) is 21.4. The van der Waals surface area contributed by atoms with E-state index in [2.05, 4.69) is 4.90 Å². The predicted octanol–water partition coefficient (Wildman–Crippen LogP) is 2.03. The lowest BCUT2D eigenvalue weighted by atomic mass is 9.83. The van der Waals surface area contributed by atoms with Gasteiger partial charge in [0, 0.05) is 23.6 Å². The lowest BCUT2D eigenvalue weighted by Gasteiger charge is -2.45. The van der Waals surface area contributed by atoms with Crippen LogP contribution < -0.4 is 0 Å². The van der Waals surface area contributed by atoms with E-state index in [1.807, 2.05) is 44.4 Å². The first-order valence-electron chi connectivity index (χ1n) is 9.58. The summed E-state index contributed by atoms with van der Waals surface area (Å²) < 4.78 is 10.5. The van der Waals surface area contributed by atoms with Crippen LogP contribution in [0.25, 0.3) is 0 Å². The van der Waals surface area contributed by atoms with Crippen LogP contribution in [0.1, 0.15) is 18.9 Å². The van der Waals surface area contributed by atoms with E-state index in [9.17, 15) is 14.4 Å². The molecule has 0 N–H and O–H groups in total. The zero-order valence-electron chi connectivity index (χ0n) is 16.9. The van der Waals surface area contributed by atoms with Crippen molar-refractivity contribution in [2.45, 2.75) is 32.1 Å². The molecular weight excluding hydrogens is 392 g/mol. The molecule has 2 aliphatic rings. The van der Waals surface area contributed by atoms with E-state index < -0.39 is 18.0 Å². The summed E-state index contributed by atoms with van der Waals surface area (Å²) in [5.74, 6) is -0.305. The molecule has 0 radical (unpaired) electrons. The van der Waals surface area contributed by atoms with Gasteiger partial charge in [-0.2, -0.15) is 0 Å². The highest BCUT2D eigenvalue weighted by Gasteiger charge is 2.57. The maximum atomic E-state index is 12.9. The summed E-state index contributed by atoms with van der Waals surface area (Å²) in [6.45, 7) is 3.08. The third-order valence-electron chi connectivity index (χ3n) is 5.17. The molecular formula is C21H26N2O5S. The third kappa shape index (κ3) is 4.64. The fourth-order valence-corrected chi connectivity index (χ4v) is 4.96. The molecule has 2 aliphatic heterocycles. The summed E-state index contributed by atoms with van der Waals surface area (Å²) in [5.41, 5.74) is 1.23. The van der Waals surface area contributed by atoms with Gasteiger partial charge in [-0.15, -0.1) is 11.8 Å². The van der Waals surface area contributed by atoms with Crippen LogP contribution in [0.15, 0.2) is 40.9 Å². The maximum absolute atomic E-state index is 12.9. The Morgan fingerprint density at radius 3 is 2.72 bits per heavy atom. The minimum absolute atomic E-state index is 0.152. The number of amides is 1. The van der Waals surface area contributed by atoms with Crippen molar-refractivity contribution in [3.05, 3.63) is 46.5 Å². The Morgan fingerprint density at radius 2 is 2.07 bits per heavy atom. The quantitative estimate of drug-likeness (QED) is 0.327. The van der Waals surface area contributed by atoms with Crippen LogP contribution in [0.2, 0.25) is 0 Å². The van der Waals surface area contributed by atoms with Crippen molar-refractivity contribution in [3.8, 4) is 0 Å². The van der Waals surface area contributed by atoms with Gasteiger partial charge in [0.2, 0.25) is 5.91 Å². The van der Waals surface area contributed by atoms with E-state index in [1.54, 1.807) is 18.7 Å². The van der Waals surface area contributed by atoms with Crippen LogP contribution in [0, 0.1) is 5.92 Å². The lowest BCUT2D eigenvalue weighted by molar-refractivity contribution is -0.166. The highest BCUT2D eigenvalue weighted by atomic mass is 32.2. The van der Waals surface area contributed by atoms with Gasteiger partial charge in [0.05, 0.1) is 12.0 Å². The van der Waals surface area contributed by atoms with Gasteiger partial charge in [0.1, 0.15) is 18.4 Å². The van der Waals surface area contributed by atoms with Gasteiger partial charge in [-0.3, -0.25) is 9.59 Å². The Balaban J connectivity index is 1.74. The molecule has 2 heterocycles. The molecule has 3 atom stereocenters. The Morgan fingerprint density at radius 1 is 1.34 bits per heavy atom. The number of β-lactam (4-membered cyclic amide) rings is 1. The molecule has 1 aromatic carbocycles. The van der Waals surface area contributed by atoms with E-state index in [0.717, 1.165) is 22.8 Å². The largest absolute Gasteiger partial charge is 0.464 e. The molecule has 0 aliphatic carbocycles. The number of thioether (sulfide) groups is 1. The van der Waals surface area contributed by atoms with Gasteiger partial charge >= 0.3 is 5.97 Å². The second kappa shape index (κ2) is 9.45. The number of esters is 1. The molecule has 0 saturated carbocycles. The monoisotopic (exact) mass is 418 g/mol. The third-order valence-corrected chi connectivity index (χ3v) is 6.26. The predicted molar refractivity (Wildman–Crippen MR) is 110 cm³/mol. The van der Waals surface area contributed by atoms with Crippen molar-refractivity contribution in [1.29, 1.82) is 0 Å². The summed E-state index contributed by atoms with van der Waals surface area (Å²) in [7, 11) is 3.98. The molecule has 0 bridgehead atoms. The maximum Gasteiger partial charge on any atom is 0.356 e. The smallest absolute Gasteiger partial charge is 0.356 e. The number of hydrogen-bond acceptors (Lipinski definition) is 7. The SMILES string of the molecule is C[C@@H](OC=O)[C@H]1C(=O)N2C(C(=O)OCc3ccccc3)=C(SCCN(C)C)C[C@H]12. The number of benzene rings is 1. The van der Waals surface area contributed by atoms with E-state index in [4.69, 9.17) is 9.47 Å². The second-order valence-corrected chi connectivity index (χ2v) is 8.62. The van der Waals surface area contributed by atoms with Crippen LogP contribution in [-0.4, -0.2) is 66.7 Å². The Bertz CT molecular complexity index is 796. The number of hydrogen-bond donors (Lipinski definition) is 0.